The standard InChI is InChI=1S/C37H41NO6/c1-5-28(4)41-23-9-7-8-10-24-42-32-19-15-31(16-20-32)27(3)25-30-13-21-35(34(38)26-30)44-37(40)22-14-29-11-17-33(18-12-29)43-36(39)6-2/h5-6,11-13,15-21,26H,1-4,7-10,14,22-25,38H2. The molecule has 0 saturated carbocycles. The zero-order valence-corrected chi connectivity index (χ0v) is 25.2. The lowest BCUT2D eigenvalue weighted by Crippen LogP contribution is -2.10. The molecule has 0 aliphatic heterocycles. The van der Waals surface area contributed by atoms with E-state index in [-0.39, 0.29) is 6.42 Å². The first-order valence-electron chi connectivity index (χ1n) is 14.6. The minimum absolute atomic E-state index is 0.173. The lowest BCUT2D eigenvalue weighted by atomic mass is 9.99. The van der Waals surface area contributed by atoms with Crippen LogP contribution in [-0.4, -0.2) is 25.2 Å². The SMILES string of the molecule is C=CC(=C)OCCCCCCOc1ccc(C(=C)Cc2ccc(OC(=O)CCc3ccc(OC(=O)C=C)cc3)c(N)c2)cc1. The first-order valence-corrected chi connectivity index (χ1v) is 14.6. The summed E-state index contributed by atoms with van der Waals surface area (Å²) in [6.07, 6.45) is 8.07. The minimum Gasteiger partial charge on any atom is -0.494 e. The number of carbonyl (C=O) groups is 2. The van der Waals surface area contributed by atoms with Crippen LogP contribution in [0.1, 0.15) is 48.8 Å². The molecule has 44 heavy (non-hydrogen) atoms. The average Bonchev–Trinajstić information content (AvgIpc) is 3.03. The fraction of sp³-hybridized carbons (Fsp3) is 0.243. The van der Waals surface area contributed by atoms with Gasteiger partial charge in [0.05, 0.1) is 18.9 Å². The Morgan fingerprint density at radius 3 is 2.07 bits per heavy atom. The highest BCUT2D eigenvalue weighted by atomic mass is 16.5. The van der Waals surface area contributed by atoms with Gasteiger partial charge < -0.3 is 24.7 Å². The van der Waals surface area contributed by atoms with Crippen LogP contribution in [-0.2, 0) is 27.2 Å². The van der Waals surface area contributed by atoms with Crippen molar-refractivity contribution < 1.29 is 28.5 Å². The topological polar surface area (TPSA) is 97.1 Å². The molecule has 230 valence electrons. The predicted molar refractivity (Wildman–Crippen MR) is 176 cm³/mol. The third-order valence-corrected chi connectivity index (χ3v) is 6.73. The van der Waals surface area contributed by atoms with Gasteiger partial charge in [0.2, 0.25) is 0 Å². The van der Waals surface area contributed by atoms with E-state index in [1.54, 1.807) is 42.5 Å². The van der Waals surface area contributed by atoms with Crippen LogP contribution < -0.4 is 19.9 Å². The monoisotopic (exact) mass is 595 g/mol. The zero-order chi connectivity index (χ0) is 31.7. The number of nitrogen functional groups attached to an aromatic ring is 1. The quantitative estimate of drug-likeness (QED) is 0.0287. The number of anilines is 1. The molecule has 0 fully saturated rings. The normalized spacial score (nSPS) is 10.4. The molecule has 0 bridgehead atoms. The van der Waals surface area contributed by atoms with Crippen molar-refractivity contribution in [3.63, 3.8) is 0 Å². The van der Waals surface area contributed by atoms with Crippen molar-refractivity contribution in [2.45, 2.75) is 44.9 Å². The number of hydrogen-bond donors (Lipinski definition) is 1. The van der Waals surface area contributed by atoms with Gasteiger partial charge in [-0.2, -0.15) is 0 Å². The largest absolute Gasteiger partial charge is 0.494 e. The number of benzene rings is 3. The van der Waals surface area contributed by atoms with Crippen molar-refractivity contribution >= 4 is 23.2 Å². The molecular formula is C37H41NO6. The molecule has 3 rings (SSSR count). The number of rotatable bonds is 19. The lowest BCUT2D eigenvalue weighted by molar-refractivity contribution is -0.134. The van der Waals surface area contributed by atoms with Crippen molar-refractivity contribution in [3.8, 4) is 17.2 Å². The Morgan fingerprint density at radius 1 is 0.750 bits per heavy atom. The first kappa shape index (κ1) is 33.5. The van der Waals surface area contributed by atoms with Crippen LogP contribution in [0.3, 0.4) is 0 Å². The van der Waals surface area contributed by atoms with E-state index in [2.05, 4.69) is 26.3 Å². The van der Waals surface area contributed by atoms with Crippen LogP contribution >= 0.6 is 0 Å². The van der Waals surface area contributed by atoms with E-state index in [4.69, 9.17) is 24.7 Å². The van der Waals surface area contributed by atoms with Crippen LogP contribution in [0.4, 0.5) is 5.69 Å². The Balaban J connectivity index is 1.38. The zero-order valence-electron chi connectivity index (χ0n) is 25.2. The van der Waals surface area contributed by atoms with E-state index in [1.165, 1.54) is 0 Å². The van der Waals surface area contributed by atoms with Crippen LogP contribution in [0.15, 0.2) is 111 Å². The van der Waals surface area contributed by atoms with E-state index in [0.717, 1.165) is 59.8 Å². The molecule has 0 aliphatic rings. The number of esters is 2. The van der Waals surface area contributed by atoms with Gasteiger partial charge in [-0.15, -0.1) is 0 Å². The Bertz CT molecular complexity index is 1440. The Labute approximate surface area is 260 Å². The van der Waals surface area contributed by atoms with E-state index in [9.17, 15) is 9.59 Å². The van der Waals surface area contributed by atoms with Gasteiger partial charge in [0.1, 0.15) is 17.3 Å². The fourth-order valence-electron chi connectivity index (χ4n) is 4.25. The van der Waals surface area contributed by atoms with E-state index >= 15 is 0 Å². The van der Waals surface area contributed by atoms with E-state index in [0.29, 0.717) is 49.0 Å². The van der Waals surface area contributed by atoms with Crippen molar-refractivity contribution in [2.75, 3.05) is 18.9 Å². The summed E-state index contributed by atoms with van der Waals surface area (Å²) >= 11 is 0. The number of aryl methyl sites for hydroxylation is 1. The summed E-state index contributed by atoms with van der Waals surface area (Å²) < 4.78 is 21.8. The molecule has 0 spiro atoms. The van der Waals surface area contributed by atoms with Crippen molar-refractivity contribution in [1.82, 2.24) is 0 Å². The molecule has 0 radical (unpaired) electrons. The molecule has 0 unspecified atom stereocenters. The maximum Gasteiger partial charge on any atom is 0.335 e. The Morgan fingerprint density at radius 2 is 1.41 bits per heavy atom. The smallest absolute Gasteiger partial charge is 0.335 e. The van der Waals surface area contributed by atoms with Gasteiger partial charge in [0, 0.05) is 12.5 Å². The van der Waals surface area contributed by atoms with E-state index < -0.39 is 11.9 Å². The van der Waals surface area contributed by atoms with Crippen molar-refractivity contribution in [2.24, 2.45) is 0 Å². The van der Waals surface area contributed by atoms with Gasteiger partial charge in [-0.05, 0) is 103 Å². The highest BCUT2D eigenvalue weighted by Crippen LogP contribution is 2.27. The molecule has 3 aromatic carbocycles. The van der Waals surface area contributed by atoms with Crippen LogP contribution in [0, 0.1) is 0 Å². The Hall–Kier alpha value is -5.04. The van der Waals surface area contributed by atoms with Crippen molar-refractivity contribution in [3.05, 3.63) is 128 Å². The van der Waals surface area contributed by atoms with E-state index in [1.807, 2.05) is 30.3 Å². The number of hydrogen-bond acceptors (Lipinski definition) is 7. The molecule has 0 atom stereocenters. The second-order valence-electron chi connectivity index (χ2n) is 10.2. The molecule has 0 aliphatic carbocycles. The Kier molecular flexibility index (Phi) is 13.5. The number of unbranched alkanes of at least 4 members (excludes halogenated alkanes) is 3. The highest BCUT2D eigenvalue weighted by Gasteiger charge is 2.11. The summed E-state index contributed by atoms with van der Waals surface area (Å²) in [5, 5.41) is 0. The summed E-state index contributed by atoms with van der Waals surface area (Å²) in [5.41, 5.74) is 10.4. The average molecular weight is 596 g/mol. The van der Waals surface area contributed by atoms with Gasteiger partial charge in [0.25, 0.3) is 0 Å². The molecule has 2 N–H and O–H groups in total. The summed E-state index contributed by atoms with van der Waals surface area (Å²) in [7, 11) is 0. The third kappa shape index (κ3) is 11.7. The maximum atomic E-state index is 12.4. The lowest BCUT2D eigenvalue weighted by Gasteiger charge is -2.12. The van der Waals surface area contributed by atoms with Crippen LogP contribution in [0.25, 0.3) is 5.57 Å². The summed E-state index contributed by atoms with van der Waals surface area (Å²) in [6.45, 7) is 16.3. The van der Waals surface area contributed by atoms with Gasteiger partial charge >= 0.3 is 11.9 Å². The number of nitrogens with two attached hydrogens (primary N) is 1. The maximum absolute atomic E-state index is 12.4. The molecule has 7 heteroatoms. The predicted octanol–water partition coefficient (Wildman–Crippen LogP) is 7.81. The van der Waals surface area contributed by atoms with Crippen LogP contribution in [0.5, 0.6) is 17.2 Å². The van der Waals surface area contributed by atoms with Crippen molar-refractivity contribution in [1.29, 1.82) is 0 Å². The third-order valence-electron chi connectivity index (χ3n) is 6.73. The summed E-state index contributed by atoms with van der Waals surface area (Å²) in [4.78, 5) is 23.7. The minimum atomic E-state index is -0.526. The highest BCUT2D eigenvalue weighted by molar-refractivity contribution is 5.83. The summed E-state index contributed by atoms with van der Waals surface area (Å²) in [5.74, 6) is 1.26. The molecule has 0 aromatic heterocycles. The number of carbonyl (C=O) groups excluding carboxylic acids is 2. The molecular weight excluding hydrogens is 554 g/mol. The van der Waals surface area contributed by atoms with Gasteiger partial charge in [-0.3, -0.25) is 4.79 Å². The summed E-state index contributed by atoms with van der Waals surface area (Å²) in [6, 6.07) is 20.2. The molecule has 0 amide bonds. The molecule has 3 aromatic rings. The second-order valence-corrected chi connectivity index (χ2v) is 10.2. The number of ether oxygens (including phenoxy) is 4. The molecule has 0 heterocycles. The van der Waals surface area contributed by atoms with Gasteiger partial charge in [-0.1, -0.05) is 56.6 Å². The van der Waals surface area contributed by atoms with Crippen LogP contribution in [0.2, 0.25) is 0 Å². The van der Waals surface area contributed by atoms with Gasteiger partial charge in [0.15, 0.2) is 5.75 Å². The van der Waals surface area contributed by atoms with Gasteiger partial charge in [-0.25, -0.2) is 4.79 Å². The molecule has 0 saturated heterocycles. The fourth-order valence-corrected chi connectivity index (χ4v) is 4.25. The molecule has 7 nitrogen and oxygen atoms in total. The first-order chi connectivity index (χ1) is 21.3. The second kappa shape index (κ2) is 17.8. The number of allylic oxidation sites excluding steroid dienone is 2.